The normalized spacial score (nSPS) is 16.1. The van der Waals surface area contributed by atoms with Crippen molar-refractivity contribution in [1.82, 2.24) is 5.43 Å². The largest absolute Gasteiger partial charge is 0.362 e. The summed E-state index contributed by atoms with van der Waals surface area (Å²) in [6.07, 6.45) is 3.34. The van der Waals surface area contributed by atoms with Gasteiger partial charge in [-0.05, 0) is 61.1 Å². The van der Waals surface area contributed by atoms with Crippen LogP contribution in [-0.2, 0) is 22.4 Å². The molecule has 6 nitrogen and oxygen atoms in total. The van der Waals surface area contributed by atoms with Gasteiger partial charge in [0, 0.05) is 24.3 Å². The van der Waals surface area contributed by atoms with Crippen molar-refractivity contribution in [3.05, 3.63) is 59.2 Å². The average molecular weight is 376 g/mol. The number of amides is 2. The number of para-hydroxylation sites is 1. The summed E-state index contributed by atoms with van der Waals surface area (Å²) in [5.41, 5.74) is 8.77. The van der Waals surface area contributed by atoms with E-state index in [1.54, 1.807) is 0 Å². The molecular weight excluding hydrogens is 352 g/mol. The maximum Gasteiger partial charge on any atom is 0.259 e. The first-order valence-corrected chi connectivity index (χ1v) is 9.69. The number of carbonyl (C=O) groups is 2. The SMILES string of the molecule is CC(=NNC(=O)CN1CCCc2ccccc21)c1ccc2c(c1)CCC(=O)N2. The summed E-state index contributed by atoms with van der Waals surface area (Å²) in [5, 5.41) is 7.16. The van der Waals surface area contributed by atoms with Gasteiger partial charge in [0.2, 0.25) is 5.91 Å². The minimum absolute atomic E-state index is 0.0530. The molecule has 0 spiro atoms. The van der Waals surface area contributed by atoms with Gasteiger partial charge < -0.3 is 10.2 Å². The standard InChI is InChI=1S/C22H24N4O2/c1-15(17-8-10-19-18(13-17)9-11-21(27)23-19)24-25-22(28)14-26-12-4-6-16-5-2-3-7-20(16)26/h2-3,5,7-8,10,13H,4,6,9,11-12,14H2,1H3,(H,23,27)(H,25,28). The number of hydrazone groups is 1. The van der Waals surface area contributed by atoms with Crippen molar-refractivity contribution in [3.63, 3.8) is 0 Å². The van der Waals surface area contributed by atoms with Gasteiger partial charge in [-0.25, -0.2) is 5.43 Å². The number of nitrogens with zero attached hydrogens (tertiary/aromatic N) is 2. The molecular formula is C22H24N4O2. The summed E-state index contributed by atoms with van der Waals surface area (Å²) in [7, 11) is 0. The van der Waals surface area contributed by atoms with Crippen LogP contribution in [0.2, 0.25) is 0 Å². The quantitative estimate of drug-likeness (QED) is 0.637. The molecule has 28 heavy (non-hydrogen) atoms. The summed E-state index contributed by atoms with van der Waals surface area (Å²) >= 11 is 0. The molecule has 2 aliphatic heterocycles. The zero-order valence-corrected chi connectivity index (χ0v) is 16.0. The topological polar surface area (TPSA) is 73.8 Å². The summed E-state index contributed by atoms with van der Waals surface area (Å²) in [4.78, 5) is 26.0. The van der Waals surface area contributed by atoms with Crippen LogP contribution in [0.5, 0.6) is 0 Å². The Kier molecular flexibility index (Phi) is 5.10. The first kappa shape index (κ1) is 18.2. The zero-order chi connectivity index (χ0) is 19.5. The number of anilines is 2. The Labute approximate surface area is 164 Å². The Balaban J connectivity index is 1.40. The van der Waals surface area contributed by atoms with Crippen LogP contribution in [0.4, 0.5) is 11.4 Å². The molecule has 2 aliphatic rings. The number of benzene rings is 2. The Bertz CT molecular complexity index is 951. The van der Waals surface area contributed by atoms with E-state index in [9.17, 15) is 9.59 Å². The second-order valence-corrected chi connectivity index (χ2v) is 7.31. The molecule has 2 aromatic carbocycles. The lowest BCUT2D eigenvalue weighted by Crippen LogP contribution is -2.38. The van der Waals surface area contributed by atoms with Crippen LogP contribution in [0, 0.1) is 0 Å². The fourth-order valence-corrected chi connectivity index (χ4v) is 3.80. The van der Waals surface area contributed by atoms with Crippen LogP contribution >= 0.6 is 0 Å². The molecule has 4 rings (SSSR count). The number of rotatable bonds is 4. The van der Waals surface area contributed by atoms with E-state index in [1.807, 2.05) is 37.3 Å². The monoisotopic (exact) mass is 376 g/mol. The van der Waals surface area contributed by atoms with Crippen molar-refractivity contribution in [2.24, 2.45) is 5.10 Å². The summed E-state index contributed by atoms with van der Waals surface area (Å²) < 4.78 is 0. The van der Waals surface area contributed by atoms with Gasteiger partial charge in [-0.3, -0.25) is 9.59 Å². The lowest BCUT2D eigenvalue weighted by molar-refractivity contribution is -0.119. The highest BCUT2D eigenvalue weighted by Crippen LogP contribution is 2.26. The van der Waals surface area contributed by atoms with Gasteiger partial charge in [-0.15, -0.1) is 0 Å². The molecule has 2 aromatic rings. The van der Waals surface area contributed by atoms with Gasteiger partial charge in [0.15, 0.2) is 0 Å². The first-order chi connectivity index (χ1) is 13.6. The van der Waals surface area contributed by atoms with E-state index >= 15 is 0 Å². The number of hydrogen-bond acceptors (Lipinski definition) is 4. The fraction of sp³-hybridized carbons (Fsp3) is 0.318. The molecule has 6 heteroatoms. The fourth-order valence-electron chi connectivity index (χ4n) is 3.80. The molecule has 0 saturated carbocycles. The van der Waals surface area contributed by atoms with Gasteiger partial charge >= 0.3 is 0 Å². The summed E-state index contributed by atoms with van der Waals surface area (Å²) in [5.74, 6) is -0.0709. The highest BCUT2D eigenvalue weighted by Gasteiger charge is 2.19. The maximum atomic E-state index is 12.4. The Morgan fingerprint density at radius 1 is 1.14 bits per heavy atom. The predicted octanol–water partition coefficient (Wildman–Crippen LogP) is 2.86. The van der Waals surface area contributed by atoms with Gasteiger partial charge in [-0.1, -0.05) is 24.3 Å². The van der Waals surface area contributed by atoms with E-state index in [2.05, 4.69) is 32.9 Å². The summed E-state index contributed by atoms with van der Waals surface area (Å²) in [6, 6.07) is 14.1. The van der Waals surface area contributed by atoms with E-state index in [0.29, 0.717) is 13.0 Å². The van der Waals surface area contributed by atoms with Crippen LogP contribution in [0.25, 0.3) is 0 Å². The van der Waals surface area contributed by atoms with E-state index < -0.39 is 0 Å². The van der Waals surface area contributed by atoms with Crippen molar-refractivity contribution < 1.29 is 9.59 Å². The molecule has 0 aromatic heterocycles. The van der Waals surface area contributed by atoms with Gasteiger partial charge in [-0.2, -0.15) is 5.10 Å². The van der Waals surface area contributed by atoms with Crippen LogP contribution in [0.15, 0.2) is 47.6 Å². The van der Waals surface area contributed by atoms with E-state index in [1.165, 1.54) is 5.56 Å². The third kappa shape index (κ3) is 3.91. The molecule has 2 amide bonds. The van der Waals surface area contributed by atoms with Crippen molar-refractivity contribution >= 4 is 28.9 Å². The molecule has 2 N–H and O–H groups in total. The highest BCUT2D eigenvalue weighted by molar-refractivity contribution is 6.01. The lowest BCUT2D eigenvalue weighted by atomic mass is 9.99. The molecule has 0 unspecified atom stereocenters. The van der Waals surface area contributed by atoms with Crippen molar-refractivity contribution in [2.75, 3.05) is 23.3 Å². The molecule has 144 valence electrons. The Morgan fingerprint density at radius 3 is 2.89 bits per heavy atom. The zero-order valence-electron chi connectivity index (χ0n) is 16.0. The molecule has 0 radical (unpaired) electrons. The minimum Gasteiger partial charge on any atom is -0.362 e. The van der Waals surface area contributed by atoms with Crippen molar-refractivity contribution in [2.45, 2.75) is 32.6 Å². The highest BCUT2D eigenvalue weighted by atomic mass is 16.2. The van der Waals surface area contributed by atoms with E-state index in [0.717, 1.165) is 54.0 Å². The molecule has 2 heterocycles. The maximum absolute atomic E-state index is 12.4. The molecule has 0 saturated heterocycles. The average Bonchev–Trinajstić information content (AvgIpc) is 2.72. The number of aryl methyl sites for hydroxylation is 2. The van der Waals surface area contributed by atoms with Gasteiger partial charge in [0.25, 0.3) is 5.91 Å². The predicted molar refractivity (Wildman–Crippen MR) is 111 cm³/mol. The van der Waals surface area contributed by atoms with Crippen LogP contribution in [0.1, 0.15) is 36.5 Å². The van der Waals surface area contributed by atoms with Crippen LogP contribution < -0.4 is 15.6 Å². The minimum atomic E-state index is -0.124. The smallest absolute Gasteiger partial charge is 0.259 e. The third-order valence-electron chi connectivity index (χ3n) is 5.31. The van der Waals surface area contributed by atoms with Crippen LogP contribution in [0.3, 0.4) is 0 Å². The Morgan fingerprint density at radius 2 is 2.00 bits per heavy atom. The number of nitrogens with one attached hydrogen (secondary N) is 2. The molecule has 0 fully saturated rings. The number of fused-ring (bicyclic) bond motifs is 2. The molecule has 0 bridgehead atoms. The van der Waals surface area contributed by atoms with E-state index in [-0.39, 0.29) is 11.8 Å². The lowest BCUT2D eigenvalue weighted by Gasteiger charge is -2.30. The Hall–Kier alpha value is -3.15. The number of hydrogen-bond donors (Lipinski definition) is 2. The second-order valence-electron chi connectivity index (χ2n) is 7.31. The molecule has 0 atom stereocenters. The van der Waals surface area contributed by atoms with E-state index in [4.69, 9.17) is 0 Å². The van der Waals surface area contributed by atoms with Gasteiger partial charge in [0.1, 0.15) is 0 Å². The summed E-state index contributed by atoms with van der Waals surface area (Å²) in [6.45, 7) is 3.05. The van der Waals surface area contributed by atoms with Crippen LogP contribution in [-0.4, -0.2) is 30.6 Å². The van der Waals surface area contributed by atoms with Crippen molar-refractivity contribution in [3.8, 4) is 0 Å². The van der Waals surface area contributed by atoms with Crippen molar-refractivity contribution in [1.29, 1.82) is 0 Å². The second kappa shape index (κ2) is 7.84. The van der Waals surface area contributed by atoms with Gasteiger partial charge in [0.05, 0.1) is 12.3 Å². The molecule has 0 aliphatic carbocycles. The third-order valence-corrected chi connectivity index (χ3v) is 5.31. The number of carbonyl (C=O) groups excluding carboxylic acids is 2. The first-order valence-electron chi connectivity index (χ1n) is 9.69.